The minimum Gasteiger partial charge on any atom is -0.468 e. The van der Waals surface area contributed by atoms with Crippen LogP contribution >= 0.6 is 0 Å². The van der Waals surface area contributed by atoms with Gasteiger partial charge >= 0.3 is 5.97 Å². The van der Waals surface area contributed by atoms with E-state index in [0.29, 0.717) is 12.1 Å². The Morgan fingerprint density at radius 3 is 3.00 bits per heavy atom. The van der Waals surface area contributed by atoms with Crippen LogP contribution < -0.4 is 5.32 Å². The Morgan fingerprint density at radius 2 is 2.25 bits per heavy atom. The molecule has 1 heterocycles. The molecule has 3 unspecified atom stereocenters. The fourth-order valence-electron chi connectivity index (χ4n) is 3.44. The first-order valence-corrected chi connectivity index (χ1v) is 7.93. The number of rotatable bonds is 6. The van der Waals surface area contributed by atoms with Gasteiger partial charge in [0.1, 0.15) is 6.04 Å². The van der Waals surface area contributed by atoms with Gasteiger partial charge in [0, 0.05) is 19.1 Å². The lowest BCUT2D eigenvalue weighted by Gasteiger charge is -2.44. The number of carbonyl (C=O) groups excluding carboxylic acids is 1. The summed E-state index contributed by atoms with van der Waals surface area (Å²) in [5.41, 5.74) is 0. The van der Waals surface area contributed by atoms with Gasteiger partial charge in [-0.2, -0.15) is 0 Å². The van der Waals surface area contributed by atoms with Gasteiger partial charge in [-0.3, -0.25) is 9.69 Å². The molecular weight excluding hydrogens is 256 g/mol. The van der Waals surface area contributed by atoms with E-state index in [0.717, 1.165) is 32.7 Å². The molecule has 1 aliphatic carbocycles. The predicted molar refractivity (Wildman–Crippen MR) is 77.7 cm³/mol. The van der Waals surface area contributed by atoms with Gasteiger partial charge in [0.15, 0.2) is 0 Å². The third-order valence-corrected chi connectivity index (χ3v) is 4.49. The van der Waals surface area contributed by atoms with Crippen LogP contribution in [-0.2, 0) is 14.3 Å². The quantitative estimate of drug-likeness (QED) is 0.742. The first-order chi connectivity index (χ1) is 9.76. The van der Waals surface area contributed by atoms with Crippen molar-refractivity contribution in [2.45, 2.75) is 57.2 Å². The average molecular weight is 284 g/mol. The van der Waals surface area contributed by atoms with Gasteiger partial charge in [-0.25, -0.2) is 0 Å². The normalized spacial score (nSPS) is 28.7. The molecule has 1 saturated heterocycles. The Hall–Kier alpha value is -0.650. The Bertz CT molecular complexity index is 309. The maximum Gasteiger partial charge on any atom is 0.322 e. The zero-order chi connectivity index (χ0) is 14.4. The van der Waals surface area contributed by atoms with E-state index < -0.39 is 0 Å². The fraction of sp³-hybridized carbons (Fsp3) is 0.933. The Morgan fingerprint density at radius 1 is 1.45 bits per heavy atom. The summed E-state index contributed by atoms with van der Waals surface area (Å²) < 4.78 is 10.8. The Balaban J connectivity index is 1.85. The standard InChI is InChI=1S/C15H28N2O3/c1-3-16-12(15(18)19-2)8-9-17-10-11-20-14-7-5-4-6-13(14)17/h12-14,16H,3-11H2,1-2H3. The number of morpholine rings is 1. The van der Waals surface area contributed by atoms with Crippen molar-refractivity contribution >= 4 is 5.97 Å². The number of hydrogen-bond donors (Lipinski definition) is 1. The third-order valence-electron chi connectivity index (χ3n) is 4.49. The van der Waals surface area contributed by atoms with Crippen molar-refractivity contribution in [3.63, 3.8) is 0 Å². The summed E-state index contributed by atoms with van der Waals surface area (Å²) in [5.74, 6) is -0.152. The number of methoxy groups -OCH3 is 1. The molecule has 1 saturated carbocycles. The topological polar surface area (TPSA) is 50.8 Å². The van der Waals surface area contributed by atoms with Crippen LogP contribution in [0.1, 0.15) is 39.0 Å². The summed E-state index contributed by atoms with van der Waals surface area (Å²) >= 11 is 0. The molecule has 1 aliphatic heterocycles. The molecule has 2 fully saturated rings. The zero-order valence-corrected chi connectivity index (χ0v) is 12.8. The maximum absolute atomic E-state index is 11.7. The van der Waals surface area contributed by atoms with Crippen LogP contribution in [0.25, 0.3) is 0 Å². The van der Waals surface area contributed by atoms with Crippen molar-refractivity contribution in [2.75, 3.05) is 33.4 Å². The summed E-state index contributed by atoms with van der Waals surface area (Å²) in [5, 5.41) is 3.21. The molecule has 2 rings (SSSR count). The number of fused-ring (bicyclic) bond motifs is 1. The molecular formula is C15H28N2O3. The monoisotopic (exact) mass is 284 g/mol. The zero-order valence-electron chi connectivity index (χ0n) is 12.8. The fourth-order valence-corrected chi connectivity index (χ4v) is 3.44. The van der Waals surface area contributed by atoms with Gasteiger partial charge in [-0.1, -0.05) is 19.8 Å². The molecule has 0 aromatic heterocycles. The van der Waals surface area contributed by atoms with E-state index in [9.17, 15) is 4.79 Å². The smallest absolute Gasteiger partial charge is 0.322 e. The van der Waals surface area contributed by atoms with E-state index in [4.69, 9.17) is 9.47 Å². The van der Waals surface area contributed by atoms with Gasteiger partial charge in [0.2, 0.25) is 0 Å². The summed E-state index contributed by atoms with van der Waals surface area (Å²) in [6, 6.07) is 0.368. The molecule has 2 aliphatic rings. The van der Waals surface area contributed by atoms with E-state index >= 15 is 0 Å². The summed E-state index contributed by atoms with van der Waals surface area (Å²) in [6.07, 6.45) is 6.23. The van der Waals surface area contributed by atoms with Crippen LogP contribution in [0, 0.1) is 0 Å². The molecule has 5 heteroatoms. The van der Waals surface area contributed by atoms with Gasteiger partial charge in [-0.15, -0.1) is 0 Å². The van der Waals surface area contributed by atoms with E-state index in [1.54, 1.807) is 0 Å². The van der Waals surface area contributed by atoms with Crippen LogP contribution in [0.2, 0.25) is 0 Å². The minimum atomic E-state index is -0.185. The van der Waals surface area contributed by atoms with Crippen LogP contribution in [-0.4, -0.2) is 62.4 Å². The molecule has 0 aromatic rings. The predicted octanol–water partition coefficient (Wildman–Crippen LogP) is 1.17. The van der Waals surface area contributed by atoms with Crippen molar-refractivity contribution in [2.24, 2.45) is 0 Å². The lowest BCUT2D eigenvalue weighted by Crippen LogP contribution is -2.53. The number of nitrogens with one attached hydrogen (secondary N) is 1. The van der Waals surface area contributed by atoms with Crippen LogP contribution in [0.3, 0.4) is 0 Å². The Kier molecular flexibility index (Phi) is 6.26. The molecule has 5 nitrogen and oxygen atoms in total. The van der Waals surface area contributed by atoms with E-state index in [2.05, 4.69) is 10.2 Å². The minimum absolute atomic E-state index is 0.152. The summed E-state index contributed by atoms with van der Waals surface area (Å²) in [4.78, 5) is 14.2. The molecule has 0 bridgehead atoms. The number of hydrogen-bond acceptors (Lipinski definition) is 5. The largest absolute Gasteiger partial charge is 0.468 e. The third kappa shape index (κ3) is 3.93. The maximum atomic E-state index is 11.7. The summed E-state index contributed by atoms with van der Waals surface area (Å²) in [6.45, 7) is 5.56. The van der Waals surface area contributed by atoms with E-state index in [1.165, 1.54) is 32.8 Å². The first-order valence-electron chi connectivity index (χ1n) is 7.93. The van der Waals surface area contributed by atoms with Gasteiger partial charge in [0.05, 0.1) is 19.8 Å². The van der Waals surface area contributed by atoms with Crippen molar-refractivity contribution in [3.05, 3.63) is 0 Å². The van der Waals surface area contributed by atoms with Gasteiger partial charge < -0.3 is 14.8 Å². The number of ether oxygens (including phenoxy) is 2. The van der Waals surface area contributed by atoms with Crippen LogP contribution in [0.15, 0.2) is 0 Å². The highest BCUT2D eigenvalue weighted by atomic mass is 16.5. The van der Waals surface area contributed by atoms with E-state index in [1.807, 2.05) is 6.92 Å². The average Bonchev–Trinajstić information content (AvgIpc) is 2.50. The number of nitrogens with zero attached hydrogens (tertiary/aromatic N) is 1. The van der Waals surface area contributed by atoms with Crippen molar-refractivity contribution in [1.29, 1.82) is 0 Å². The second-order valence-corrected chi connectivity index (χ2v) is 5.72. The number of likely N-dealkylation sites (N-methyl/N-ethyl adjacent to an activating group) is 1. The van der Waals surface area contributed by atoms with Gasteiger partial charge in [0.25, 0.3) is 0 Å². The lowest BCUT2D eigenvalue weighted by atomic mass is 9.90. The second kappa shape index (κ2) is 7.96. The highest BCUT2D eigenvalue weighted by Crippen LogP contribution is 2.28. The second-order valence-electron chi connectivity index (χ2n) is 5.72. The van der Waals surface area contributed by atoms with Gasteiger partial charge in [-0.05, 0) is 25.8 Å². The molecule has 3 atom stereocenters. The van der Waals surface area contributed by atoms with Crippen molar-refractivity contribution in [3.8, 4) is 0 Å². The molecule has 0 radical (unpaired) electrons. The first kappa shape index (κ1) is 15.7. The van der Waals surface area contributed by atoms with Crippen molar-refractivity contribution in [1.82, 2.24) is 10.2 Å². The number of esters is 1. The molecule has 0 amide bonds. The lowest BCUT2D eigenvalue weighted by molar-refractivity contribution is -0.143. The molecule has 0 aromatic carbocycles. The SMILES string of the molecule is CCNC(CCN1CCOC2CCCCC21)C(=O)OC. The summed E-state index contributed by atoms with van der Waals surface area (Å²) in [7, 11) is 1.46. The van der Waals surface area contributed by atoms with Crippen LogP contribution in [0.5, 0.6) is 0 Å². The molecule has 116 valence electrons. The molecule has 1 N–H and O–H groups in total. The van der Waals surface area contributed by atoms with Crippen LogP contribution in [0.4, 0.5) is 0 Å². The Labute approximate surface area is 122 Å². The van der Waals surface area contributed by atoms with Crippen molar-refractivity contribution < 1.29 is 14.3 Å². The number of carbonyl (C=O) groups is 1. The highest BCUT2D eigenvalue weighted by molar-refractivity contribution is 5.75. The highest BCUT2D eigenvalue weighted by Gasteiger charge is 2.34. The van der Waals surface area contributed by atoms with E-state index in [-0.39, 0.29) is 12.0 Å². The molecule has 20 heavy (non-hydrogen) atoms. The molecule has 0 spiro atoms.